The lowest BCUT2D eigenvalue weighted by molar-refractivity contribution is -0.131. The van der Waals surface area contributed by atoms with Crippen LogP contribution in [0.4, 0.5) is 0 Å². The SMILES string of the molecule is Cc1nocc1CCC(=O)N1Cc2ccccc2C1. The van der Waals surface area contributed by atoms with E-state index in [2.05, 4.69) is 17.3 Å². The van der Waals surface area contributed by atoms with Crippen molar-refractivity contribution in [1.29, 1.82) is 0 Å². The highest BCUT2D eigenvalue weighted by Crippen LogP contribution is 2.23. The number of rotatable bonds is 3. The number of nitrogens with zero attached hydrogens (tertiary/aromatic N) is 2. The molecule has 3 rings (SSSR count). The van der Waals surface area contributed by atoms with Crippen LogP contribution in [-0.2, 0) is 24.3 Å². The van der Waals surface area contributed by atoms with Gasteiger partial charge >= 0.3 is 0 Å². The molecule has 0 atom stereocenters. The van der Waals surface area contributed by atoms with E-state index in [9.17, 15) is 4.79 Å². The molecular weight excluding hydrogens is 240 g/mol. The number of hydrogen-bond acceptors (Lipinski definition) is 3. The average Bonchev–Trinajstić information content (AvgIpc) is 3.01. The maximum atomic E-state index is 12.2. The molecule has 1 aliphatic heterocycles. The molecule has 1 aromatic carbocycles. The number of fused-ring (bicyclic) bond motifs is 1. The second-order valence-electron chi connectivity index (χ2n) is 4.94. The van der Waals surface area contributed by atoms with Crippen LogP contribution in [0.3, 0.4) is 0 Å². The first-order valence-electron chi connectivity index (χ1n) is 6.48. The highest BCUT2D eigenvalue weighted by molar-refractivity contribution is 5.77. The predicted molar refractivity (Wildman–Crippen MR) is 70.3 cm³/mol. The zero-order valence-corrected chi connectivity index (χ0v) is 10.9. The lowest BCUT2D eigenvalue weighted by Crippen LogP contribution is -2.25. The van der Waals surface area contributed by atoms with Crippen molar-refractivity contribution in [3.05, 3.63) is 52.9 Å². The molecule has 98 valence electrons. The van der Waals surface area contributed by atoms with Crippen molar-refractivity contribution in [2.75, 3.05) is 0 Å². The van der Waals surface area contributed by atoms with Crippen molar-refractivity contribution in [3.8, 4) is 0 Å². The van der Waals surface area contributed by atoms with Gasteiger partial charge in [0.05, 0.1) is 5.69 Å². The highest BCUT2D eigenvalue weighted by atomic mass is 16.5. The van der Waals surface area contributed by atoms with Gasteiger partial charge in [-0.2, -0.15) is 0 Å². The van der Waals surface area contributed by atoms with Crippen molar-refractivity contribution in [3.63, 3.8) is 0 Å². The van der Waals surface area contributed by atoms with E-state index in [0.29, 0.717) is 12.8 Å². The van der Waals surface area contributed by atoms with E-state index in [-0.39, 0.29) is 5.91 Å². The van der Waals surface area contributed by atoms with Crippen LogP contribution in [0, 0.1) is 6.92 Å². The van der Waals surface area contributed by atoms with Gasteiger partial charge in [-0.05, 0) is 24.5 Å². The highest BCUT2D eigenvalue weighted by Gasteiger charge is 2.22. The number of carbonyl (C=O) groups is 1. The van der Waals surface area contributed by atoms with Gasteiger partial charge in [0.25, 0.3) is 0 Å². The van der Waals surface area contributed by atoms with Crippen molar-refractivity contribution >= 4 is 5.91 Å². The van der Waals surface area contributed by atoms with E-state index >= 15 is 0 Å². The monoisotopic (exact) mass is 256 g/mol. The fraction of sp³-hybridized carbons (Fsp3) is 0.333. The van der Waals surface area contributed by atoms with Crippen molar-refractivity contribution < 1.29 is 9.32 Å². The van der Waals surface area contributed by atoms with Crippen molar-refractivity contribution in [2.45, 2.75) is 32.9 Å². The molecule has 0 N–H and O–H groups in total. The zero-order chi connectivity index (χ0) is 13.2. The third-order valence-electron chi connectivity index (χ3n) is 3.65. The molecular formula is C15H16N2O2. The van der Waals surface area contributed by atoms with E-state index in [1.807, 2.05) is 24.0 Å². The molecule has 2 aromatic rings. The normalized spacial score (nSPS) is 13.6. The van der Waals surface area contributed by atoms with Crippen LogP contribution in [0.1, 0.15) is 28.8 Å². The van der Waals surface area contributed by atoms with Crippen LogP contribution in [0.25, 0.3) is 0 Å². The van der Waals surface area contributed by atoms with Gasteiger partial charge in [0.2, 0.25) is 5.91 Å². The number of benzene rings is 1. The second kappa shape index (κ2) is 4.88. The summed E-state index contributed by atoms with van der Waals surface area (Å²) in [7, 11) is 0. The van der Waals surface area contributed by atoms with Crippen LogP contribution in [0.15, 0.2) is 35.1 Å². The Kier molecular flexibility index (Phi) is 3.07. The largest absolute Gasteiger partial charge is 0.364 e. The maximum absolute atomic E-state index is 12.2. The molecule has 19 heavy (non-hydrogen) atoms. The van der Waals surface area contributed by atoms with Crippen molar-refractivity contribution in [2.24, 2.45) is 0 Å². The molecule has 4 nitrogen and oxygen atoms in total. The van der Waals surface area contributed by atoms with Crippen LogP contribution < -0.4 is 0 Å². The fourth-order valence-corrected chi connectivity index (χ4v) is 2.46. The molecule has 0 radical (unpaired) electrons. The van der Waals surface area contributed by atoms with Gasteiger partial charge in [0, 0.05) is 25.1 Å². The minimum Gasteiger partial charge on any atom is -0.364 e. The summed E-state index contributed by atoms with van der Waals surface area (Å²) in [6.07, 6.45) is 2.83. The Balaban J connectivity index is 1.60. The van der Waals surface area contributed by atoms with Crippen LogP contribution >= 0.6 is 0 Å². The Morgan fingerprint density at radius 3 is 2.58 bits per heavy atom. The molecule has 2 heterocycles. The van der Waals surface area contributed by atoms with Gasteiger partial charge in [-0.25, -0.2) is 0 Å². The Morgan fingerprint density at radius 2 is 2.00 bits per heavy atom. The minimum absolute atomic E-state index is 0.191. The number of amides is 1. The standard InChI is InChI=1S/C15H16N2O2/c1-11-14(10-19-16-11)6-7-15(18)17-8-12-4-2-3-5-13(12)9-17/h2-5,10H,6-9H2,1H3. The summed E-state index contributed by atoms with van der Waals surface area (Å²) in [5, 5.41) is 3.82. The molecule has 1 amide bonds. The first kappa shape index (κ1) is 12.0. The summed E-state index contributed by atoms with van der Waals surface area (Å²) < 4.78 is 4.88. The van der Waals surface area contributed by atoms with Crippen molar-refractivity contribution in [1.82, 2.24) is 10.1 Å². The topological polar surface area (TPSA) is 46.3 Å². The zero-order valence-electron chi connectivity index (χ0n) is 10.9. The Bertz CT molecular complexity index is 579. The van der Waals surface area contributed by atoms with Gasteiger partial charge in [-0.1, -0.05) is 29.4 Å². The summed E-state index contributed by atoms with van der Waals surface area (Å²) in [5.41, 5.74) is 4.41. The van der Waals surface area contributed by atoms with E-state index < -0.39 is 0 Å². The van der Waals surface area contributed by atoms with Gasteiger partial charge in [-0.15, -0.1) is 0 Å². The van der Waals surface area contributed by atoms with Crippen LogP contribution in [0.5, 0.6) is 0 Å². The maximum Gasteiger partial charge on any atom is 0.223 e. The fourth-order valence-electron chi connectivity index (χ4n) is 2.46. The number of aromatic nitrogens is 1. The summed E-state index contributed by atoms with van der Waals surface area (Å²) in [4.78, 5) is 14.1. The lowest BCUT2D eigenvalue weighted by atomic mass is 10.1. The van der Waals surface area contributed by atoms with Gasteiger partial charge in [0.1, 0.15) is 6.26 Å². The third kappa shape index (κ3) is 2.38. The minimum atomic E-state index is 0.191. The third-order valence-corrected chi connectivity index (χ3v) is 3.65. The quantitative estimate of drug-likeness (QED) is 0.847. The number of carbonyl (C=O) groups excluding carboxylic acids is 1. The Morgan fingerprint density at radius 1 is 1.32 bits per heavy atom. The molecule has 1 aromatic heterocycles. The van der Waals surface area contributed by atoms with E-state index in [4.69, 9.17) is 4.52 Å². The molecule has 4 heteroatoms. The van der Waals surface area contributed by atoms with Crippen LogP contribution in [-0.4, -0.2) is 16.0 Å². The van der Waals surface area contributed by atoms with E-state index in [1.165, 1.54) is 11.1 Å². The second-order valence-corrected chi connectivity index (χ2v) is 4.94. The molecule has 0 bridgehead atoms. The summed E-state index contributed by atoms with van der Waals surface area (Å²) >= 11 is 0. The lowest BCUT2D eigenvalue weighted by Gasteiger charge is -2.14. The van der Waals surface area contributed by atoms with Crippen LogP contribution in [0.2, 0.25) is 0 Å². The smallest absolute Gasteiger partial charge is 0.223 e. The van der Waals surface area contributed by atoms with Gasteiger partial charge in [-0.3, -0.25) is 4.79 Å². The van der Waals surface area contributed by atoms with Gasteiger partial charge in [0.15, 0.2) is 0 Å². The molecule has 0 spiro atoms. The Hall–Kier alpha value is -2.10. The first-order valence-corrected chi connectivity index (χ1v) is 6.48. The molecule has 0 saturated carbocycles. The molecule has 1 aliphatic rings. The van der Waals surface area contributed by atoms with E-state index in [1.54, 1.807) is 6.26 Å². The summed E-state index contributed by atoms with van der Waals surface area (Å²) in [5.74, 6) is 0.191. The first-order chi connectivity index (χ1) is 9.24. The molecule has 0 fully saturated rings. The summed E-state index contributed by atoms with van der Waals surface area (Å²) in [6, 6.07) is 8.22. The Labute approximate surface area is 112 Å². The number of aryl methyl sites for hydroxylation is 2. The predicted octanol–water partition coefficient (Wildman–Crippen LogP) is 2.46. The molecule has 0 aliphatic carbocycles. The van der Waals surface area contributed by atoms with E-state index in [0.717, 1.165) is 24.3 Å². The summed E-state index contributed by atoms with van der Waals surface area (Å²) in [6.45, 7) is 3.37. The number of hydrogen-bond donors (Lipinski definition) is 0. The van der Waals surface area contributed by atoms with Gasteiger partial charge < -0.3 is 9.42 Å². The molecule has 0 saturated heterocycles. The molecule has 0 unspecified atom stereocenters. The average molecular weight is 256 g/mol.